The smallest absolute Gasteiger partial charge is 0.212 e. The molecule has 0 aliphatic heterocycles. The molecular weight excluding hydrogens is 294 g/mol. The van der Waals surface area contributed by atoms with Gasteiger partial charge in [-0.1, -0.05) is 41.6 Å². The van der Waals surface area contributed by atoms with Crippen molar-refractivity contribution in [1.82, 2.24) is 25.0 Å². The van der Waals surface area contributed by atoms with E-state index in [1.807, 2.05) is 60.1 Å². The van der Waals surface area contributed by atoms with Crippen molar-refractivity contribution in [1.29, 1.82) is 0 Å². The molecule has 0 aliphatic rings. The van der Waals surface area contributed by atoms with Crippen molar-refractivity contribution in [2.75, 3.05) is 0 Å². The Kier molecular flexibility index (Phi) is 3.21. The minimum absolute atomic E-state index is 0.733. The van der Waals surface area contributed by atoms with Crippen LogP contribution in [0.4, 0.5) is 0 Å². The Balaban J connectivity index is 1.66. The summed E-state index contributed by atoms with van der Waals surface area (Å²) in [6, 6.07) is 15.8. The van der Waals surface area contributed by atoms with Crippen molar-refractivity contribution < 1.29 is 0 Å². The summed E-state index contributed by atoms with van der Waals surface area (Å²) in [5, 5.41) is 11.1. The molecule has 5 nitrogen and oxygen atoms in total. The average molecular weight is 305 g/mol. The zero-order valence-electron chi connectivity index (χ0n) is 11.5. The van der Waals surface area contributed by atoms with Crippen molar-refractivity contribution in [2.45, 2.75) is 0 Å². The van der Waals surface area contributed by atoms with E-state index in [0.29, 0.717) is 0 Å². The quantitative estimate of drug-likeness (QED) is 0.581. The fourth-order valence-electron chi connectivity index (χ4n) is 2.10. The van der Waals surface area contributed by atoms with E-state index in [1.54, 1.807) is 10.9 Å². The van der Waals surface area contributed by atoms with Gasteiger partial charge in [-0.05, 0) is 12.1 Å². The van der Waals surface area contributed by atoms with E-state index < -0.39 is 0 Å². The van der Waals surface area contributed by atoms with E-state index in [1.165, 1.54) is 11.3 Å². The molecule has 0 fully saturated rings. The molecule has 4 rings (SSSR count). The number of pyridine rings is 1. The first-order valence-electron chi connectivity index (χ1n) is 6.75. The fourth-order valence-corrected chi connectivity index (χ4v) is 2.85. The van der Waals surface area contributed by atoms with Gasteiger partial charge in [0.1, 0.15) is 5.69 Å². The number of aromatic nitrogens is 5. The lowest BCUT2D eigenvalue weighted by molar-refractivity contribution is 0.798. The first-order valence-corrected chi connectivity index (χ1v) is 7.63. The first kappa shape index (κ1) is 12.8. The van der Waals surface area contributed by atoms with Crippen LogP contribution in [0.3, 0.4) is 0 Å². The number of thiazole rings is 1. The molecule has 6 heteroatoms. The van der Waals surface area contributed by atoms with Crippen LogP contribution in [0.1, 0.15) is 0 Å². The molecule has 0 atom stereocenters. The highest BCUT2D eigenvalue weighted by Crippen LogP contribution is 2.24. The maximum Gasteiger partial charge on any atom is 0.212 e. The third kappa shape index (κ3) is 2.40. The molecule has 0 aliphatic carbocycles. The Morgan fingerprint density at radius 1 is 0.864 bits per heavy atom. The van der Waals surface area contributed by atoms with Crippen LogP contribution in [-0.2, 0) is 0 Å². The number of hydrogen-bond donors (Lipinski definition) is 0. The Hall–Kier alpha value is -2.86. The van der Waals surface area contributed by atoms with Gasteiger partial charge in [0.25, 0.3) is 0 Å². The molecule has 0 radical (unpaired) electrons. The van der Waals surface area contributed by atoms with Crippen LogP contribution in [0, 0.1) is 0 Å². The summed E-state index contributed by atoms with van der Waals surface area (Å²) in [5.74, 6) is 0. The molecule has 0 saturated heterocycles. The molecular formula is C16H11N5S. The van der Waals surface area contributed by atoms with Gasteiger partial charge in [0, 0.05) is 17.1 Å². The van der Waals surface area contributed by atoms with Gasteiger partial charge in [-0.3, -0.25) is 4.98 Å². The summed E-state index contributed by atoms with van der Waals surface area (Å²) in [6.07, 6.45) is 3.58. The van der Waals surface area contributed by atoms with Gasteiger partial charge in [-0.2, -0.15) is 4.68 Å². The lowest BCUT2D eigenvalue weighted by atomic mass is 10.2. The molecule has 22 heavy (non-hydrogen) atoms. The summed E-state index contributed by atoms with van der Waals surface area (Å²) in [5.41, 5.74) is 3.57. The highest BCUT2D eigenvalue weighted by molar-refractivity contribution is 7.12. The molecule has 0 N–H and O–H groups in total. The van der Waals surface area contributed by atoms with E-state index >= 15 is 0 Å². The molecule has 0 unspecified atom stereocenters. The number of rotatable bonds is 3. The second-order valence-corrected chi connectivity index (χ2v) is 5.48. The van der Waals surface area contributed by atoms with Crippen LogP contribution < -0.4 is 0 Å². The van der Waals surface area contributed by atoms with Gasteiger partial charge in [0.15, 0.2) is 0 Å². The zero-order valence-corrected chi connectivity index (χ0v) is 12.3. The maximum atomic E-state index is 4.62. The zero-order chi connectivity index (χ0) is 14.8. The van der Waals surface area contributed by atoms with E-state index in [-0.39, 0.29) is 0 Å². The van der Waals surface area contributed by atoms with Gasteiger partial charge >= 0.3 is 0 Å². The van der Waals surface area contributed by atoms with E-state index in [4.69, 9.17) is 0 Å². The molecule has 0 bridgehead atoms. The maximum absolute atomic E-state index is 4.62. The third-order valence-corrected chi connectivity index (χ3v) is 4.01. The van der Waals surface area contributed by atoms with Gasteiger partial charge in [0.05, 0.1) is 17.6 Å². The number of benzene rings is 1. The molecule has 1 aromatic carbocycles. The SMILES string of the molecule is c1ccc(-c2csc(-n3cc(-c4ccccn4)nn3)n2)cc1. The summed E-state index contributed by atoms with van der Waals surface area (Å²) < 4.78 is 1.68. The topological polar surface area (TPSA) is 56.5 Å². The van der Waals surface area contributed by atoms with Crippen LogP contribution in [0.2, 0.25) is 0 Å². The van der Waals surface area contributed by atoms with Crippen molar-refractivity contribution in [3.05, 3.63) is 66.3 Å². The van der Waals surface area contributed by atoms with E-state index in [2.05, 4.69) is 20.3 Å². The van der Waals surface area contributed by atoms with Gasteiger partial charge < -0.3 is 0 Å². The predicted octanol–water partition coefficient (Wildman–Crippen LogP) is 3.45. The minimum atomic E-state index is 0.733. The highest BCUT2D eigenvalue weighted by Gasteiger charge is 2.10. The van der Waals surface area contributed by atoms with Crippen molar-refractivity contribution >= 4 is 11.3 Å². The van der Waals surface area contributed by atoms with Crippen LogP contribution >= 0.6 is 11.3 Å². The third-order valence-electron chi connectivity index (χ3n) is 3.18. The van der Waals surface area contributed by atoms with Gasteiger partial charge in [-0.15, -0.1) is 16.4 Å². The second-order valence-electron chi connectivity index (χ2n) is 4.64. The van der Waals surface area contributed by atoms with Gasteiger partial charge in [0.2, 0.25) is 5.13 Å². The Bertz CT molecular complexity index is 807. The van der Waals surface area contributed by atoms with Crippen molar-refractivity contribution in [3.63, 3.8) is 0 Å². The fraction of sp³-hybridized carbons (Fsp3) is 0. The molecule has 0 spiro atoms. The normalized spacial score (nSPS) is 10.7. The molecule has 0 saturated carbocycles. The van der Waals surface area contributed by atoms with Crippen molar-refractivity contribution in [3.8, 4) is 27.8 Å². The standard InChI is InChI=1S/C16H11N5S/c1-2-6-12(7-3-1)15-11-22-16(18-15)21-10-14(19-20-21)13-8-4-5-9-17-13/h1-11H. The second kappa shape index (κ2) is 5.50. The first-order chi connectivity index (χ1) is 10.9. The van der Waals surface area contributed by atoms with Crippen molar-refractivity contribution in [2.24, 2.45) is 0 Å². The van der Waals surface area contributed by atoms with E-state index in [0.717, 1.165) is 27.8 Å². The highest BCUT2D eigenvalue weighted by atomic mass is 32.1. The van der Waals surface area contributed by atoms with Crippen LogP contribution in [-0.4, -0.2) is 25.0 Å². The monoisotopic (exact) mass is 305 g/mol. The minimum Gasteiger partial charge on any atom is -0.254 e. The Labute approximate surface area is 130 Å². The molecule has 0 amide bonds. The number of hydrogen-bond acceptors (Lipinski definition) is 5. The average Bonchev–Trinajstić information content (AvgIpc) is 3.26. The molecule has 3 heterocycles. The summed E-state index contributed by atoms with van der Waals surface area (Å²) >= 11 is 1.53. The van der Waals surface area contributed by atoms with Gasteiger partial charge in [-0.25, -0.2) is 4.98 Å². The lowest BCUT2D eigenvalue weighted by Gasteiger charge is -1.95. The van der Waals surface area contributed by atoms with Crippen LogP contribution in [0.5, 0.6) is 0 Å². The predicted molar refractivity (Wildman–Crippen MR) is 85.7 cm³/mol. The Morgan fingerprint density at radius 3 is 2.55 bits per heavy atom. The molecule has 106 valence electrons. The molecule has 4 aromatic rings. The van der Waals surface area contributed by atoms with Crippen LogP contribution in [0.25, 0.3) is 27.8 Å². The van der Waals surface area contributed by atoms with E-state index in [9.17, 15) is 0 Å². The summed E-state index contributed by atoms with van der Waals surface area (Å²) in [7, 11) is 0. The largest absolute Gasteiger partial charge is 0.254 e. The Morgan fingerprint density at radius 2 is 1.73 bits per heavy atom. The summed E-state index contributed by atoms with van der Waals surface area (Å²) in [6.45, 7) is 0. The van der Waals surface area contributed by atoms with Crippen LogP contribution in [0.15, 0.2) is 66.3 Å². The number of nitrogens with zero attached hydrogens (tertiary/aromatic N) is 5. The summed E-state index contributed by atoms with van der Waals surface area (Å²) in [4.78, 5) is 8.89. The lowest BCUT2D eigenvalue weighted by Crippen LogP contribution is -1.93. The molecule has 3 aromatic heterocycles.